The number of carbonyl (C=O) groups excluding carboxylic acids is 1. The molecule has 152 valence electrons. The van der Waals surface area contributed by atoms with E-state index in [2.05, 4.69) is 10.1 Å². The maximum atomic E-state index is 13.1. The van der Waals surface area contributed by atoms with Crippen LogP contribution >= 0.6 is 0 Å². The normalized spacial score (nSPS) is 12.4. The molecule has 6 nitrogen and oxygen atoms in total. The summed E-state index contributed by atoms with van der Waals surface area (Å²) >= 11 is 0. The summed E-state index contributed by atoms with van der Waals surface area (Å²) in [6.07, 6.45) is 0.654. The third-order valence-electron chi connectivity index (χ3n) is 3.83. The zero-order valence-corrected chi connectivity index (χ0v) is 15.9. The summed E-state index contributed by atoms with van der Waals surface area (Å²) in [5.41, 5.74) is 0.520. The van der Waals surface area contributed by atoms with Gasteiger partial charge in [-0.05, 0) is 50.6 Å². The molecule has 0 saturated carbocycles. The van der Waals surface area contributed by atoms with Crippen LogP contribution in [0.1, 0.15) is 30.5 Å². The fourth-order valence-corrected chi connectivity index (χ4v) is 2.62. The van der Waals surface area contributed by atoms with Gasteiger partial charge in [-0.2, -0.15) is 13.2 Å². The van der Waals surface area contributed by atoms with E-state index in [0.29, 0.717) is 11.1 Å². The fraction of sp³-hybridized carbons (Fsp3) is 0.250. The molecule has 3 aromatic rings. The number of rotatable bonds is 5. The van der Waals surface area contributed by atoms with Crippen LogP contribution < -0.4 is 0 Å². The molecule has 1 aromatic carbocycles. The van der Waals surface area contributed by atoms with E-state index in [1.165, 1.54) is 29.7 Å². The zero-order chi connectivity index (χ0) is 21.2. The van der Waals surface area contributed by atoms with Gasteiger partial charge < -0.3 is 9.15 Å². The summed E-state index contributed by atoms with van der Waals surface area (Å²) in [7, 11) is 0. The SMILES string of the molecule is Cc1cc(-c2ncn(C=C(C(=O)OC(C)C)c3ccoc3)n2)cc(C(F)(F)F)c1. The van der Waals surface area contributed by atoms with Crippen molar-refractivity contribution in [2.45, 2.75) is 33.1 Å². The van der Waals surface area contributed by atoms with Gasteiger partial charge >= 0.3 is 12.1 Å². The lowest BCUT2D eigenvalue weighted by molar-refractivity contribution is -0.140. The monoisotopic (exact) mass is 405 g/mol. The van der Waals surface area contributed by atoms with E-state index >= 15 is 0 Å². The number of benzene rings is 1. The van der Waals surface area contributed by atoms with Crippen molar-refractivity contribution in [1.29, 1.82) is 0 Å². The summed E-state index contributed by atoms with van der Waals surface area (Å²) in [5.74, 6) is -0.493. The van der Waals surface area contributed by atoms with E-state index in [-0.39, 0.29) is 23.1 Å². The Hall–Kier alpha value is -3.36. The molecule has 0 N–H and O–H groups in total. The first-order valence-electron chi connectivity index (χ1n) is 8.69. The molecule has 0 spiro atoms. The van der Waals surface area contributed by atoms with Crippen molar-refractivity contribution in [3.63, 3.8) is 0 Å². The highest BCUT2D eigenvalue weighted by Gasteiger charge is 2.31. The first-order chi connectivity index (χ1) is 13.6. The highest BCUT2D eigenvalue weighted by Crippen LogP contribution is 2.32. The number of halogens is 3. The maximum absolute atomic E-state index is 13.1. The average Bonchev–Trinajstić information content (AvgIpc) is 3.29. The summed E-state index contributed by atoms with van der Waals surface area (Å²) in [6.45, 7) is 5.00. The summed E-state index contributed by atoms with van der Waals surface area (Å²) < 4.78 is 50.7. The zero-order valence-electron chi connectivity index (χ0n) is 15.9. The Morgan fingerprint density at radius 1 is 1.28 bits per heavy atom. The maximum Gasteiger partial charge on any atom is 0.416 e. The van der Waals surface area contributed by atoms with Crippen molar-refractivity contribution in [3.05, 3.63) is 59.8 Å². The van der Waals surface area contributed by atoms with Gasteiger partial charge in [0.15, 0.2) is 5.82 Å². The summed E-state index contributed by atoms with van der Waals surface area (Å²) in [6, 6.07) is 5.18. The Bertz CT molecular complexity index is 1030. The number of esters is 1. The van der Waals surface area contributed by atoms with Crippen molar-refractivity contribution in [3.8, 4) is 11.4 Å². The van der Waals surface area contributed by atoms with Crippen molar-refractivity contribution in [1.82, 2.24) is 14.8 Å². The smallest absolute Gasteiger partial charge is 0.416 e. The van der Waals surface area contributed by atoms with E-state index in [4.69, 9.17) is 9.15 Å². The number of carbonyl (C=O) groups is 1. The lowest BCUT2D eigenvalue weighted by Gasteiger charge is -2.10. The molecule has 0 fully saturated rings. The Labute approximate surface area is 164 Å². The molecule has 0 bridgehead atoms. The van der Waals surface area contributed by atoms with Gasteiger partial charge in [-0.15, -0.1) is 5.10 Å². The van der Waals surface area contributed by atoms with Crippen LogP contribution in [0.15, 0.2) is 47.5 Å². The van der Waals surface area contributed by atoms with Gasteiger partial charge in [0.05, 0.1) is 29.8 Å². The molecule has 29 heavy (non-hydrogen) atoms. The molecular formula is C20H18F3N3O3. The molecule has 9 heteroatoms. The molecule has 3 rings (SSSR count). The molecule has 0 radical (unpaired) electrons. The minimum atomic E-state index is -4.47. The van der Waals surface area contributed by atoms with E-state index in [0.717, 1.165) is 12.1 Å². The Balaban J connectivity index is 1.98. The number of nitrogens with zero attached hydrogens (tertiary/aromatic N) is 3. The van der Waals surface area contributed by atoms with E-state index in [1.54, 1.807) is 32.9 Å². The number of hydrogen-bond acceptors (Lipinski definition) is 5. The number of ether oxygens (including phenoxy) is 1. The van der Waals surface area contributed by atoms with Gasteiger partial charge in [-0.3, -0.25) is 0 Å². The topological polar surface area (TPSA) is 70.2 Å². The Kier molecular flexibility index (Phi) is 5.58. The third kappa shape index (κ3) is 4.92. The lowest BCUT2D eigenvalue weighted by Crippen LogP contribution is -2.13. The molecule has 0 aliphatic heterocycles. The molecule has 0 unspecified atom stereocenters. The minimum Gasteiger partial charge on any atom is -0.472 e. The first kappa shape index (κ1) is 20.4. The number of aryl methyl sites for hydroxylation is 1. The van der Waals surface area contributed by atoms with Gasteiger partial charge in [0.25, 0.3) is 0 Å². The van der Waals surface area contributed by atoms with Crippen molar-refractivity contribution < 1.29 is 27.1 Å². The largest absolute Gasteiger partial charge is 0.472 e. The van der Waals surface area contributed by atoms with Crippen LogP contribution in [0.3, 0.4) is 0 Å². The molecule has 0 aliphatic carbocycles. The van der Waals surface area contributed by atoms with Crippen LogP contribution in [-0.2, 0) is 15.7 Å². The molecular weight excluding hydrogens is 387 g/mol. The van der Waals surface area contributed by atoms with Crippen LogP contribution in [0.4, 0.5) is 13.2 Å². The molecule has 0 aliphatic rings. The summed E-state index contributed by atoms with van der Waals surface area (Å²) in [5, 5.41) is 4.18. The van der Waals surface area contributed by atoms with Crippen LogP contribution in [0.5, 0.6) is 0 Å². The van der Waals surface area contributed by atoms with Crippen molar-refractivity contribution in [2.24, 2.45) is 0 Å². The lowest BCUT2D eigenvalue weighted by atomic mass is 10.1. The predicted octanol–water partition coefficient (Wildman–Crippen LogP) is 4.82. The standard InChI is InChI=1S/C20H18F3N3O3/c1-12(2)29-19(27)17(14-4-5-28-10-14)9-26-11-24-18(25-26)15-6-13(3)7-16(8-15)20(21,22)23/h4-12H,1-3H3. The molecule has 0 amide bonds. The van der Waals surface area contributed by atoms with Gasteiger partial charge in [-0.25, -0.2) is 14.5 Å². The number of alkyl halides is 3. The first-order valence-corrected chi connectivity index (χ1v) is 8.69. The summed E-state index contributed by atoms with van der Waals surface area (Å²) in [4.78, 5) is 16.5. The highest BCUT2D eigenvalue weighted by atomic mass is 19.4. The number of furan rings is 1. The van der Waals surface area contributed by atoms with E-state index in [9.17, 15) is 18.0 Å². The molecule has 0 saturated heterocycles. The molecule has 2 heterocycles. The number of aromatic nitrogens is 3. The molecule has 0 atom stereocenters. The van der Waals surface area contributed by atoms with Gasteiger partial charge in [-0.1, -0.05) is 0 Å². The second-order valence-corrected chi connectivity index (χ2v) is 6.64. The van der Waals surface area contributed by atoms with Crippen LogP contribution in [0.25, 0.3) is 23.2 Å². The van der Waals surface area contributed by atoms with Crippen LogP contribution in [0, 0.1) is 6.92 Å². The Morgan fingerprint density at radius 3 is 2.66 bits per heavy atom. The predicted molar refractivity (Wildman–Crippen MR) is 99.3 cm³/mol. The Morgan fingerprint density at radius 2 is 2.03 bits per heavy atom. The van der Waals surface area contributed by atoms with Gasteiger partial charge in [0.1, 0.15) is 6.33 Å². The second kappa shape index (κ2) is 7.94. The van der Waals surface area contributed by atoms with Crippen molar-refractivity contribution in [2.75, 3.05) is 0 Å². The quantitative estimate of drug-likeness (QED) is 0.450. The van der Waals surface area contributed by atoms with Crippen molar-refractivity contribution >= 4 is 17.7 Å². The second-order valence-electron chi connectivity index (χ2n) is 6.64. The molecule has 2 aromatic heterocycles. The van der Waals surface area contributed by atoms with E-state index in [1.807, 2.05) is 0 Å². The van der Waals surface area contributed by atoms with Crippen LogP contribution in [0.2, 0.25) is 0 Å². The van der Waals surface area contributed by atoms with Crippen LogP contribution in [-0.4, -0.2) is 26.8 Å². The highest BCUT2D eigenvalue weighted by molar-refractivity contribution is 6.20. The third-order valence-corrected chi connectivity index (χ3v) is 3.83. The van der Waals surface area contributed by atoms with Gasteiger partial charge in [0.2, 0.25) is 0 Å². The van der Waals surface area contributed by atoms with Gasteiger partial charge in [0, 0.05) is 17.3 Å². The van der Waals surface area contributed by atoms with E-state index < -0.39 is 17.7 Å². The number of hydrogen-bond donors (Lipinski definition) is 0. The average molecular weight is 405 g/mol. The fourth-order valence-electron chi connectivity index (χ4n) is 2.62. The minimum absolute atomic E-state index is 0.0965.